The predicted octanol–water partition coefficient (Wildman–Crippen LogP) is 9.87. The third-order valence-electron chi connectivity index (χ3n) is 10.2. The zero-order chi connectivity index (χ0) is 38.1. The maximum absolute atomic E-state index is 14.1. The Bertz CT molecular complexity index is 1110. The molecule has 7 nitrogen and oxygen atoms in total. The Balaban J connectivity index is 5.98. The van der Waals surface area contributed by atoms with Crippen LogP contribution in [0.15, 0.2) is 12.8 Å². The molecule has 0 aliphatic rings. The predicted molar refractivity (Wildman–Crippen MR) is 194 cm³/mol. The van der Waals surface area contributed by atoms with Gasteiger partial charge in [-0.1, -0.05) is 62.0 Å². The van der Waals surface area contributed by atoms with Gasteiger partial charge in [0.05, 0.1) is 34.1 Å². The minimum atomic E-state index is -1.08. The van der Waals surface area contributed by atoms with E-state index in [1.54, 1.807) is 6.92 Å². The van der Waals surface area contributed by atoms with Crippen LogP contribution in [0, 0.1) is 21.7 Å². The molecule has 276 valence electrons. The monoisotopic (exact) mass is 667 g/mol. The van der Waals surface area contributed by atoms with Crippen molar-refractivity contribution in [2.24, 2.45) is 21.7 Å². The van der Waals surface area contributed by atoms with Crippen LogP contribution in [0.25, 0.3) is 0 Å². The zero-order valence-corrected chi connectivity index (χ0v) is 34.4. The molecule has 0 aromatic rings. The molecule has 0 heterocycles. The first-order valence-electron chi connectivity index (χ1n) is 17.3. The van der Waals surface area contributed by atoms with Crippen molar-refractivity contribution in [1.82, 2.24) is 0 Å². The number of ketones is 2. The zero-order valence-electron chi connectivity index (χ0n) is 34.4. The number of aldehydes is 1. The van der Waals surface area contributed by atoms with E-state index in [1.807, 2.05) is 125 Å². The summed E-state index contributed by atoms with van der Waals surface area (Å²) >= 11 is 0. The molecule has 0 aliphatic carbocycles. The van der Waals surface area contributed by atoms with E-state index in [0.29, 0.717) is 19.3 Å². The van der Waals surface area contributed by atoms with Gasteiger partial charge in [-0.15, -0.1) is 0 Å². The summed E-state index contributed by atoms with van der Waals surface area (Å²) in [6, 6.07) is 0. The van der Waals surface area contributed by atoms with E-state index in [0.717, 1.165) is 6.29 Å². The molecule has 7 heteroatoms. The van der Waals surface area contributed by atoms with Crippen LogP contribution in [0.3, 0.4) is 0 Å². The van der Waals surface area contributed by atoms with Gasteiger partial charge in [-0.05, 0) is 108 Å². The summed E-state index contributed by atoms with van der Waals surface area (Å²) in [5.74, 6) is -0.109. The molecule has 0 N–H and O–H groups in total. The van der Waals surface area contributed by atoms with Crippen LogP contribution in [0.2, 0.25) is 0 Å². The summed E-state index contributed by atoms with van der Waals surface area (Å²) in [6.45, 7) is 44.4. The Kier molecular flexibility index (Phi) is 13.9. The number of hydrogen-bond acceptors (Lipinski definition) is 7. The van der Waals surface area contributed by atoms with Gasteiger partial charge in [-0.25, -0.2) is 0 Å². The third kappa shape index (κ3) is 12.4. The van der Waals surface area contributed by atoms with Crippen molar-refractivity contribution in [1.29, 1.82) is 0 Å². The number of rotatable bonds is 21. The SMILES string of the molecule is C=COC(C)(C)CC(C)(C)OC(C)(C)C(=O)C(C)(C)CC(C)(C)OC(C)(C)C(C)(C)C(=O)C(C)OC(C)(C)C(C)(C)CC(C)(C)C=O. The Morgan fingerprint density at radius 2 is 1.09 bits per heavy atom. The second kappa shape index (κ2) is 14.3. The Hall–Kier alpha value is -1.57. The van der Waals surface area contributed by atoms with Crippen LogP contribution in [0.5, 0.6) is 0 Å². The Morgan fingerprint density at radius 1 is 0.638 bits per heavy atom. The van der Waals surface area contributed by atoms with Crippen molar-refractivity contribution >= 4 is 17.9 Å². The molecule has 0 aromatic heterocycles. The normalized spacial score (nSPS) is 15.7. The molecule has 0 bridgehead atoms. The summed E-state index contributed by atoms with van der Waals surface area (Å²) in [6.07, 6.45) is 3.27. The summed E-state index contributed by atoms with van der Waals surface area (Å²) in [4.78, 5) is 39.9. The van der Waals surface area contributed by atoms with Crippen LogP contribution in [-0.4, -0.2) is 57.6 Å². The largest absolute Gasteiger partial charge is 0.496 e. The molecule has 0 aromatic carbocycles. The summed E-state index contributed by atoms with van der Waals surface area (Å²) in [5, 5.41) is 0. The van der Waals surface area contributed by atoms with Crippen molar-refractivity contribution in [3.8, 4) is 0 Å². The first kappa shape index (κ1) is 45.4. The maximum atomic E-state index is 14.1. The standard InChI is InChI=1S/C40H74O7/c1-23-44-34(9,10)26-36(13,14)46-38(17,18)30(43)32(5,6)25-35(11,12)47-40(21,22)37(15,16)29(42)28(2)45-39(19,20)33(7,8)24-31(3,4)27-41/h23,27-28H,1,24-26H2,2-22H3. The highest BCUT2D eigenvalue weighted by molar-refractivity contribution is 5.91. The lowest BCUT2D eigenvalue weighted by Gasteiger charge is -2.49. The van der Waals surface area contributed by atoms with Crippen LogP contribution in [0.4, 0.5) is 0 Å². The summed E-state index contributed by atoms with van der Waals surface area (Å²) < 4.78 is 25.5. The number of ether oxygens (including phenoxy) is 4. The quantitative estimate of drug-likeness (QED) is 0.0890. The highest BCUT2D eigenvalue weighted by Gasteiger charge is 2.52. The van der Waals surface area contributed by atoms with E-state index in [2.05, 4.69) is 20.4 Å². The van der Waals surface area contributed by atoms with Gasteiger partial charge in [0.15, 0.2) is 11.6 Å². The van der Waals surface area contributed by atoms with Gasteiger partial charge in [0.1, 0.15) is 23.6 Å². The third-order valence-corrected chi connectivity index (χ3v) is 10.2. The van der Waals surface area contributed by atoms with Crippen molar-refractivity contribution in [2.75, 3.05) is 0 Å². The van der Waals surface area contributed by atoms with Crippen LogP contribution < -0.4 is 0 Å². The molecule has 0 saturated heterocycles. The molecule has 0 fully saturated rings. The fourth-order valence-electron chi connectivity index (χ4n) is 7.73. The van der Waals surface area contributed by atoms with Gasteiger partial charge < -0.3 is 23.7 Å². The molecule has 0 rings (SSSR count). The Labute approximate surface area is 289 Å². The van der Waals surface area contributed by atoms with Gasteiger partial charge in [0.25, 0.3) is 0 Å². The van der Waals surface area contributed by atoms with Crippen molar-refractivity contribution in [3.05, 3.63) is 12.8 Å². The molecule has 0 radical (unpaired) electrons. The van der Waals surface area contributed by atoms with E-state index in [4.69, 9.17) is 18.9 Å². The van der Waals surface area contributed by atoms with Gasteiger partial charge in [-0.2, -0.15) is 0 Å². The maximum Gasteiger partial charge on any atom is 0.169 e. The lowest BCUT2D eigenvalue weighted by molar-refractivity contribution is -0.205. The van der Waals surface area contributed by atoms with E-state index >= 15 is 0 Å². The van der Waals surface area contributed by atoms with Gasteiger partial charge in [0, 0.05) is 17.3 Å². The van der Waals surface area contributed by atoms with Gasteiger partial charge in [-0.3, -0.25) is 9.59 Å². The molecular formula is C40H74O7. The molecule has 0 aliphatic heterocycles. The fourth-order valence-corrected chi connectivity index (χ4v) is 7.73. The minimum Gasteiger partial charge on any atom is -0.496 e. The molecular weight excluding hydrogens is 592 g/mol. The summed E-state index contributed by atoms with van der Waals surface area (Å²) in [7, 11) is 0. The van der Waals surface area contributed by atoms with Gasteiger partial charge >= 0.3 is 0 Å². The van der Waals surface area contributed by atoms with Crippen LogP contribution in [0.1, 0.15) is 165 Å². The van der Waals surface area contributed by atoms with E-state index in [9.17, 15) is 14.4 Å². The smallest absolute Gasteiger partial charge is 0.169 e. The van der Waals surface area contributed by atoms with Crippen molar-refractivity contribution in [2.45, 2.75) is 204 Å². The lowest BCUT2D eigenvalue weighted by Crippen LogP contribution is -2.57. The highest BCUT2D eigenvalue weighted by atomic mass is 16.5. The number of carbonyl (C=O) groups is 3. The lowest BCUT2D eigenvalue weighted by atomic mass is 9.67. The van der Waals surface area contributed by atoms with E-state index < -0.39 is 56.0 Å². The first-order valence-corrected chi connectivity index (χ1v) is 17.3. The number of Topliss-reactive ketones (excluding diaryl/α,β-unsaturated/α-hetero) is 2. The van der Waals surface area contributed by atoms with E-state index in [1.165, 1.54) is 6.26 Å². The topological polar surface area (TPSA) is 88.1 Å². The molecule has 47 heavy (non-hydrogen) atoms. The number of carbonyl (C=O) groups excluding carboxylic acids is 3. The average Bonchev–Trinajstić information content (AvgIpc) is 2.78. The van der Waals surface area contributed by atoms with Crippen LogP contribution in [-0.2, 0) is 33.3 Å². The second-order valence-corrected chi connectivity index (χ2v) is 19.8. The molecule has 0 saturated carbocycles. The molecule has 1 unspecified atom stereocenters. The molecule has 0 amide bonds. The number of hydrogen-bond donors (Lipinski definition) is 0. The second-order valence-electron chi connectivity index (χ2n) is 19.8. The highest BCUT2D eigenvalue weighted by Crippen LogP contribution is 2.46. The molecule has 0 spiro atoms. The fraction of sp³-hybridized carbons (Fsp3) is 0.875. The Morgan fingerprint density at radius 3 is 1.51 bits per heavy atom. The summed E-state index contributed by atoms with van der Waals surface area (Å²) in [5.41, 5.74) is -7.23. The van der Waals surface area contributed by atoms with Crippen LogP contribution >= 0.6 is 0 Å². The van der Waals surface area contributed by atoms with E-state index in [-0.39, 0.29) is 17.0 Å². The minimum absolute atomic E-state index is 0.0324. The van der Waals surface area contributed by atoms with Gasteiger partial charge in [0.2, 0.25) is 0 Å². The molecule has 1 atom stereocenters. The average molecular weight is 667 g/mol. The van der Waals surface area contributed by atoms with Crippen molar-refractivity contribution in [3.63, 3.8) is 0 Å². The first-order chi connectivity index (χ1) is 20.4. The van der Waals surface area contributed by atoms with Crippen molar-refractivity contribution < 1.29 is 33.3 Å².